The van der Waals surface area contributed by atoms with E-state index in [0.29, 0.717) is 5.88 Å². The second kappa shape index (κ2) is 6.47. The van der Waals surface area contributed by atoms with Gasteiger partial charge in [-0.25, -0.2) is 0 Å². The maximum absolute atomic E-state index is 5.72. The molecule has 0 unspecified atom stereocenters. The van der Waals surface area contributed by atoms with Gasteiger partial charge >= 0.3 is 0 Å². The molecule has 82 valence electrons. The maximum Gasteiger partial charge on any atom is 0.0443 e. The smallest absolute Gasteiger partial charge is 0.0443 e. The van der Waals surface area contributed by atoms with Crippen LogP contribution >= 0.6 is 11.6 Å². The lowest BCUT2D eigenvalue weighted by atomic mass is 9.92. The summed E-state index contributed by atoms with van der Waals surface area (Å²) in [6, 6.07) is 0. The molecule has 0 radical (unpaired) electrons. The Morgan fingerprint density at radius 1 is 1.43 bits per heavy atom. The van der Waals surface area contributed by atoms with E-state index in [1.54, 1.807) is 0 Å². The molecule has 0 bridgehead atoms. The minimum atomic E-state index is 0.606. The number of likely N-dealkylation sites (tertiary alicyclic amines) is 1. The minimum absolute atomic E-state index is 0.606. The average molecular weight is 216 g/mol. The van der Waals surface area contributed by atoms with Crippen molar-refractivity contribution in [3.8, 4) is 0 Å². The molecule has 0 aromatic heterocycles. The van der Waals surface area contributed by atoms with Gasteiger partial charge in [0.05, 0.1) is 0 Å². The molecule has 0 spiro atoms. The summed E-state index contributed by atoms with van der Waals surface area (Å²) in [6.07, 6.45) is 5.47. The predicted octanol–water partition coefficient (Wildman–Crippen LogP) is 3.29. The van der Waals surface area contributed by atoms with Crippen molar-refractivity contribution in [2.45, 2.75) is 32.6 Å². The van der Waals surface area contributed by atoms with Crippen molar-refractivity contribution in [2.75, 3.05) is 25.5 Å². The summed E-state index contributed by atoms with van der Waals surface area (Å²) in [7, 11) is 0. The fourth-order valence-electron chi connectivity index (χ4n) is 2.20. The first kappa shape index (κ1) is 12.1. The summed E-state index contributed by atoms with van der Waals surface area (Å²) in [5, 5.41) is 0. The van der Waals surface area contributed by atoms with Gasteiger partial charge < -0.3 is 0 Å². The predicted molar refractivity (Wildman–Crippen MR) is 63.9 cm³/mol. The van der Waals surface area contributed by atoms with Crippen molar-refractivity contribution >= 4 is 11.6 Å². The van der Waals surface area contributed by atoms with Crippen LogP contribution < -0.4 is 0 Å². The van der Waals surface area contributed by atoms with E-state index in [1.807, 2.05) is 0 Å². The zero-order chi connectivity index (χ0) is 10.4. The number of rotatable bonds is 5. The van der Waals surface area contributed by atoms with Gasteiger partial charge in [0.25, 0.3) is 0 Å². The van der Waals surface area contributed by atoms with E-state index in [9.17, 15) is 0 Å². The summed E-state index contributed by atoms with van der Waals surface area (Å²) >= 11 is 5.72. The van der Waals surface area contributed by atoms with Crippen LogP contribution in [0.15, 0.2) is 12.2 Å². The zero-order valence-corrected chi connectivity index (χ0v) is 10.0. The number of hydrogen-bond acceptors (Lipinski definition) is 1. The molecule has 1 aliphatic heterocycles. The largest absolute Gasteiger partial charge is 0.299 e. The highest BCUT2D eigenvalue weighted by molar-refractivity contribution is 6.19. The minimum Gasteiger partial charge on any atom is -0.299 e. The third kappa shape index (κ3) is 4.02. The van der Waals surface area contributed by atoms with E-state index in [1.165, 1.54) is 38.8 Å². The highest BCUT2D eigenvalue weighted by atomic mass is 35.5. The highest BCUT2D eigenvalue weighted by Gasteiger charge is 2.18. The SMILES string of the molecule is C=C(CCl)CN1CCC(CCC)CC1. The first-order chi connectivity index (χ1) is 6.76. The Labute approximate surface area is 93.1 Å². The molecule has 0 aliphatic carbocycles. The molecule has 14 heavy (non-hydrogen) atoms. The summed E-state index contributed by atoms with van der Waals surface area (Å²) in [5.74, 6) is 1.58. The van der Waals surface area contributed by atoms with E-state index >= 15 is 0 Å². The van der Waals surface area contributed by atoms with Gasteiger partial charge in [-0.1, -0.05) is 26.3 Å². The fraction of sp³-hybridized carbons (Fsp3) is 0.833. The normalized spacial score (nSPS) is 19.9. The van der Waals surface area contributed by atoms with Crippen LogP contribution in [-0.4, -0.2) is 30.4 Å². The van der Waals surface area contributed by atoms with E-state index in [0.717, 1.165) is 18.0 Å². The van der Waals surface area contributed by atoms with Crippen molar-refractivity contribution in [3.63, 3.8) is 0 Å². The van der Waals surface area contributed by atoms with Gasteiger partial charge in [0.15, 0.2) is 0 Å². The van der Waals surface area contributed by atoms with Crippen LogP contribution in [0.2, 0.25) is 0 Å². The van der Waals surface area contributed by atoms with Crippen molar-refractivity contribution in [1.29, 1.82) is 0 Å². The van der Waals surface area contributed by atoms with Crippen LogP contribution in [0, 0.1) is 5.92 Å². The Hall–Kier alpha value is -0.0100. The van der Waals surface area contributed by atoms with Crippen molar-refractivity contribution in [3.05, 3.63) is 12.2 Å². The number of nitrogens with zero attached hydrogens (tertiary/aromatic N) is 1. The second-order valence-electron chi connectivity index (χ2n) is 4.39. The standard InChI is InChI=1S/C12H22ClN/c1-3-4-12-5-7-14(8-6-12)10-11(2)9-13/h12H,2-10H2,1H3. The van der Waals surface area contributed by atoms with Crippen molar-refractivity contribution in [1.82, 2.24) is 4.90 Å². The lowest BCUT2D eigenvalue weighted by Crippen LogP contribution is -2.35. The first-order valence-electron chi connectivity index (χ1n) is 5.71. The molecule has 1 nitrogen and oxygen atoms in total. The monoisotopic (exact) mass is 215 g/mol. The Morgan fingerprint density at radius 3 is 2.57 bits per heavy atom. The summed E-state index contributed by atoms with van der Waals surface area (Å²) in [4.78, 5) is 2.48. The summed E-state index contributed by atoms with van der Waals surface area (Å²) in [5.41, 5.74) is 1.15. The van der Waals surface area contributed by atoms with Crippen molar-refractivity contribution < 1.29 is 0 Å². The average Bonchev–Trinajstić information content (AvgIpc) is 2.21. The molecular formula is C12H22ClN. The van der Waals surface area contributed by atoms with E-state index in [-0.39, 0.29) is 0 Å². The van der Waals surface area contributed by atoms with Gasteiger partial charge in [0.2, 0.25) is 0 Å². The van der Waals surface area contributed by atoms with Crippen molar-refractivity contribution in [2.24, 2.45) is 5.92 Å². The van der Waals surface area contributed by atoms with Gasteiger partial charge in [-0.15, -0.1) is 11.6 Å². The van der Waals surface area contributed by atoms with Gasteiger partial charge in [0.1, 0.15) is 0 Å². The molecule has 1 heterocycles. The maximum atomic E-state index is 5.72. The second-order valence-corrected chi connectivity index (χ2v) is 4.66. The van der Waals surface area contributed by atoms with Crippen LogP contribution in [-0.2, 0) is 0 Å². The van der Waals surface area contributed by atoms with Crippen LogP contribution in [0.5, 0.6) is 0 Å². The van der Waals surface area contributed by atoms with Crippen LogP contribution in [0.25, 0.3) is 0 Å². The summed E-state index contributed by atoms with van der Waals surface area (Å²) in [6.45, 7) is 9.70. The molecule has 2 heteroatoms. The number of piperidine rings is 1. The molecule has 0 atom stereocenters. The summed E-state index contributed by atoms with van der Waals surface area (Å²) < 4.78 is 0. The molecule has 1 aliphatic rings. The fourth-order valence-corrected chi connectivity index (χ4v) is 2.28. The molecule has 1 saturated heterocycles. The van der Waals surface area contributed by atoms with Gasteiger partial charge in [0, 0.05) is 12.4 Å². The lowest BCUT2D eigenvalue weighted by Gasteiger charge is -2.32. The first-order valence-corrected chi connectivity index (χ1v) is 6.24. The Balaban J connectivity index is 2.18. The number of alkyl halides is 1. The van der Waals surface area contributed by atoms with E-state index < -0.39 is 0 Å². The lowest BCUT2D eigenvalue weighted by molar-refractivity contribution is 0.191. The zero-order valence-electron chi connectivity index (χ0n) is 9.27. The topological polar surface area (TPSA) is 3.24 Å². The Kier molecular flexibility index (Phi) is 5.57. The quantitative estimate of drug-likeness (QED) is 0.503. The van der Waals surface area contributed by atoms with E-state index in [2.05, 4.69) is 18.4 Å². The number of halogens is 1. The molecule has 0 amide bonds. The third-order valence-electron chi connectivity index (χ3n) is 3.04. The van der Waals surface area contributed by atoms with Crippen LogP contribution in [0.1, 0.15) is 32.6 Å². The third-order valence-corrected chi connectivity index (χ3v) is 3.42. The highest BCUT2D eigenvalue weighted by Crippen LogP contribution is 2.21. The van der Waals surface area contributed by atoms with Gasteiger partial charge in [-0.2, -0.15) is 0 Å². The number of hydrogen-bond donors (Lipinski definition) is 0. The molecule has 0 aromatic carbocycles. The van der Waals surface area contributed by atoms with E-state index in [4.69, 9.17) is 11.6 Å². The van der Waals surface area contributed by atoms with Crippen LogP contribution in [0.4, 0.5) is 0 Å². The molecule has 1 rings (SSSR count). The van der Waals surface area contributed by atoms with Gasteiger partial charge in [-0.05, 0) is 37.4 Å². The van der Waals surface area contributed by atoms with Gasteiger partial charge in [-0.3, -0.25) is 4.90 Å². The van der Waals surface area contributed by atoms with Crippen LogP contribution in [0.3, 0.4) is 0 Å². The molecular weight excluding hydrogens is 194 g/mol. The molecule has 0 saturated carbocycles. The molecule has 1 fully saturated rings. The molecule has 0 N–H and O–H groups in total. The Morgan fingerprint density at radius 2 is 2.07 bits per heavy atom. The Bertz CT molecular complexity index is 171. The molecule has 0 aromatic rings.